The van der Waals surface area contributed by atoms with E-state index in [9.17, 15) is 0 Å². The van der Waals surface area contributed by atoms with Gasteiger partial charge in [0, 0.05) is 14.2 Å². The van der Waals surface area contributed by atoms with Gasteiger partial charge in [0.15, 0.2) is 0 Å². The highest BCUT2D eigenvalue weighted by atomic mass is 79.9. The molecule has 0 amide bonds. The first-order valence-corrected chi connectivity index (χ1v) is 8.20. The maximum absolute atomic E-state index is 3.60. The normalized spacial score (nSPS) is 12.7. The first kappa shape index (κ1) is 14.8. The van der Waals surface area contributed by atoms with Crippen LogP contribution in [0.5, 0.6) is 0 Å². The van der Waals surface area contributed by atoms with E-state index in [1.54, 1.807) is 0 Å². The summed E-state index contributed by atoms with van der Waals surface area (Å²) in [6.07, 6.45) is 1.11. The minimum Gasteiger partial charge on any atom is -0.309 e. The average Bonchev–Trinajstić information content (AvgIpc) is 2.85. The fourth-order valence-corrected chi connectivity index (χ4v) is 3.84. The molecule has 0 fully saturated rings. The summed E-state index contributed by atoms with van der Waals surface area (Å²) >= 11 is 5.51. The summed E-state index contributed by atoms with van der Waals surface area (Å²) in [5, 5.41) is 3.45. The molecule has 0 radical (unpaired) electrons. The zero-order chi connectivity index (χ0) is 14.0. The van der Waals surface area contributed by atoms with Gasteiger partial charge in [0.1, 0.15) is 0 Å². The van der Waals surface area contributed by atoms with Crippen molar-refractivity contribution in [1.29, 1.82) is 0 Å². The van der Waals surface area contributed by atoms with Gasteiger partial charge in [-0.15, -0.1) is 11.3 Å². The Balaban J connectivity index is 2.44. The summed E-state index contributed by atoms with van der Waals surface area (Å²) in [5.41, 5.74) is 3.98. The van der Waals surface area contributed by atoms with Crippen LogP contribution in [0.2, 0.25) is 0 Å². The molecule has 19 heavy (non-hydrogen) atoms. The third-order valence-electron chi connectivity index (χ3n) is 3.46. The number of hydrogen-bond donors (Lipinski definition) is 1. The molecular weight excluding hydrogens is 318 g/mol. The lowest BCUT2D eigenvalue weighted by molar-refractivity contribution is 0.698. The van der Waals surface area contributed by atoms with Crippen LogP contribution in [0.4, 0.5) is 0 Å². The highest BCUT2D eigenvalue weighted by Gasteiger charge is 2.17. The van der Waals surface area contributed by atoms with Crippen LogP contribution in [-0.4, -0.2) is 7.05 Å². The second-order valence-corrected chi connectivity index (χ2v) is 6.89. The number of thiophene rings is 1. The van der Waals surface area contributed by atoms with Crippen molar-refractivity contribution in [2.24, 2.45) is 0 Å². The highest BCUT2D eigenvalue weighted by Crippen LogP contribution is 2.32. The minimum absolute atomic E-state index is 0.289. The molecule has 0 bridgehead atoms. The zero-order valence-corrected chi connectivity index (χ0v) is 14.3. The van der Waals surface area contributed by atoms with E-state index in [0.29, 0.717) is 0 Å². The number of benzene rings is 1. The van der Waals surface area contributed by atoms with Crippen LogP contribution in [0.1, 0.15) is 39.4 Å². The predicted molar refractivity (Wildman–Crippen MR) is 88.2 cm³/mol. The lowest BCUT2D eigenvalue weighted by Gasteiger charge is -2.19. The molecule has 1 heterocycles. The van der Waals surface area contributed by atoms with Crippen molar-refractivity contribution in [3.8, 4) is 0 Å². The zero-order valence-electron chi connectivity index (χ0n) is 11.9. The monoisotopic (exact) mass is 337 g/mol. The van der Waals surface area contributed by atoms with Crippen molar-refractivity contribution >= 4 is 27.3 Å². The summed E-state index contributed by atoms with van der Waals surface area (Å²) < 4.78 is 1.18. The maximum atomic E-state index is 3.60. The molecule has 0 aliphatic rings. The first-order valence-electron chi connectivity index (χ1n) is 6.59. The van der Waals surface area contributed by atoms with Crippen molar-refractivity contribution in [3.63, 3.8) is 0 Å². The highest BCUT2D eigenvalue weighted by molar-refractivity contribution is 9.10. The van der Waals surface area contributed by atoms with Gasteiger partial charge in [-0.1, -0.05) is 28.9 Å². The van der Waals surface area contributed by atoms with E-state index >= 15 is 0 Å². The van der Waals surface area contributed by atoms with Gasteiger partial charge in [0.2, 0.25) is 0 Å². The SMILES string of the molecule is CCc1ccc(C(NC)c2cc(C)c(Br)cc2C)s1. The molecule has 2 aromatic rings. The predicted octanol–water partition coefficient (Wildman–Crippen LogP) is 5.00. The summed E-state index contributed by atoms with van der Waals surface area (Å²) in [7, 11) is 2.03. The van der Waals surface area contributed by atoms with Crippen LogP contribution < -0.4 is 5.32 Å². The topological polar surface area (TPSA) is 12.0 Å². The van der Waals surface area contributed by atoms with Gasteiger partial charge in [-0.3, -0.25) is 0 Å². The van der Waals surface area contributed by atoms with Gasteiger partial charge >= 0.3 is 0 Å². The largest absolute Gasteiger partial charge is 0.309 e. The molecule has 0 spiro atoms. The molecule has 1 N–H and O–H groups in total. The van der Waals surface area contributed by atoms with E-state index in [1.807, 2.05) is 18.4 Å². The molecule has 102 valence electrons. The molecular formula is C16H20BrNS. The van der Waals surface area contributed by atoms with Crippen LogP contribution in [0, 0.1) is 13.8 Å². The molecule has 1 aromatic carbocycles. The van der Waals surface area contributed by atoms with E-state index in [-0.39, 0.29) is 6.04 Å². The van der Waals surface area contributed by atoms with E-state index in [0.717, 1.165) is 6.42 Å². The standard InChI is InChI=1S/C16H20BrNS/c1-5-12-6-7-15(19-12)16(18-4)13-8-11(3)14(17)9-10(13)2/h6-9,16,18H,5H2,1-4H3. The summed E-state index contributed by atoms with van der Waals surface area (Å²) in [6, 6.07) is 9.28. The fourth-order valence-electron chi connectivity index (χ4n) is 2.30. The lowest BCUT2D eigenvalue weighted by Crippen LogP contribution is -2.17. The Kier molecular flexibility index (Phi) is 4.82. The molecule has 1 unspecified atom stereocenters. The molecule has 0 aliphatic heterocycles. The Bertz CT molecular complexity index is 574. The van der Waals surface area contributed by atoms with Gasteiger partial charge in [-0.2, -0.15) is 0 Å². The van der Waals surface area contributed by atoms with Crippen LogP contribution in [0.25, 0.3) is 0 Å². The van der Waals surface area contributed by atoms with Gasteiger partial charge < -0.3 is 5.32 Å². The molecule has 2 rings (SSSR count). The average molecular weight is 338 g/mol. The molecule has 1 atom stereocenters. The number of hydrogen-bond acceptors (Lipinski definition) is 2. The van der Waals surface area contributed by atoms with Crippen molar-refractivity contribution in [3.05, 3.63) is 55.2 Å². The van der Waals surface area contributed by atoms with Gasteiger partial charge in [-0.25, -0.2) is 0 Å². The van der Waals surface area contributed by atoms with Crippen LogP contribution in [0.3, 0.4) is 0 Å². The number of nitrogens with one attached hydrogen (secondary N) is 1. The second kappa shape index (κ2) is 6.21. The van der Waals surface area contributed by atoms with Crippen LogP contribution in [0.15, 0.2) is 28.7 Å². The van der Waals surface area contributed by atoms with Crippen molar-refractivity contribution in [2.45, 2.75) is 33.2 Å². The van der Waals surface area contributed by atoms with Crippen molar-refractivity contribution < 1.29 is 0 Å². The van der Waals surface area contributed by atoms with E-state index in [2.05, 4.69) is 66.3 Å². The molecule has 0 saturated heterocycles. The molecule has 0 aliphatic carbocycles. The maximum Gasteiger partial charge on any atom is 0.0671 e. The Hall–Kier alpha value is -0.640. The number of halogens is 1. The molecule has 1 nitrogen and oxygen atoms in total. The summed E-state index contributed by atoms with van der Waals surface area (Å²) in [6.45, 7) is 6.53. The van der Waals surface area contributed by atoms with E-state index < -0.39 is 0 Å². The molecule has 0 saturated carbocycles. The third kappa shape index (κ3) is 3.10. The van der Waals surface area contributed by atoms with Gasteiger partial charge in [0.05, 0.1) is 6.04 Å². The quantitative estimate of drug-likeness (QED) is 0.827. The first-order chi connectivity index (χ1) is 9.06. The van der Waals surface area contributed by atoms with Crippen LogP contribution in [-0.2, 0) is 6.42 Å². The Morgan fingerprint density at radius 3 is 2.53 bits per heavy atom. The fraction of sp³-hybridized carbons (Fsp3) is 0.375. The summed E-state index contributed by atoms with van der Waals surface area (Å²) in [4.78, 5) is 2.84. The Labute approximate surface area is 128 Å². The van der Waals surface area contributed by atoms with E-state index in [4.69, 9.17) is 0 Å². The second-order valence-electron chi connectivity index (χ2n) is 4.84. The van der Waals surface area contributed by atoms with Gasteiger partial charge in [-0.05, 0) is 62.2 Å². The van der Waals surface area contributed by atoms with Gasteiger partial charge in [0.25, 0.3) is 0 Å². The number of aryl methyl sites for hydroxylation is 3. The van der Waals surface area contributed by atoms with Crippen molar-refractivity contribution in [2.75, 3.05) is 7.05 Å². The molecule has 3 heteroatoms. The van der Waals surface area contributed by atoms with Crippen LogP contribution >= 0.6 is 27.3 Å². The smallest absolute Gasteiger partial charge is 0.0671 e. The minimum atomic E-state index is 0.289. The lowest BCUT2D eigenvalue weighted by atomic mass is 9.98. The van der Waals surface area contributed by atoms with E-state index in [1.165, 1.54) is 30.9 Å². The number of rotatable bonds is 4. The Morgan fingerprint density at radius 1 is 1.21 bits per heavy atom. The van der Waals surface area contributed by atoms with Crippen molar-refractivity contribution in [1.82, 2.24) is 5.32 Å². The molecule has 1 aromatic heterocycles. The summed E-state index contributed by atoms with van der Waals surface area (Å²) in [5.74, 6) is 0. The third-order valence-corrected chi connectivity index (χ3v) is 5.61. The Morgan fingerprint density at radius 2 is 1.95 bits per heavy atom.